The zero-order valence-corrected chi connectivity index (χ0v) is 14.5. The van der Waals surface area contributed by atoms with Crippen molar-refractivity contribution in [2.45, 2.75) is 58.8 Å². The molecule has 0 aromatic heterocycles. The van der Waals surface area contributed by atoms with E-state index in [1.165, 1.54) is 63.6 Å². The molecule has 4 N–H and O–H groups in total. The molecule has 0 saturated carbocycles. The van der Waals surface area contributed by atoms with Crippen LogP contribution in [0.3, 0.4) is 0 Å². The maximum Gasteiger partial charge on any atom is 0.335 e. The summed E-state index contributed by atoms with van der Waals surface area (Å²) in [6.45, 7) is 3.72. The van der Waals surface area contributed by atoms with E-state index < -0.39 is 11.9 Å². The minimum atomic E-state index is -1.11. The molecule has 1 aromatic rings. The Kier molecular flexibility index (Phi) is 11.7. The number of carboxylic acids is 2. The molecule has 132 valence electrons. The number of benzene rings is 1. The summed E-state index contributed by atoms with van der Waals surface area (Å²) in [6.07, 6.45) is 8.95. The third-order valence-corrected chi connectivity index (χ3v) is 3.55. The summed E-state index contributed by atoms with van der Waals surface area (Å²) in [4.78, 5) is 21.2. The molecule has 1 rings (SSSR count). The van der Waals surface area contributed by atoms with Gasteiger partial charge >= 0.3 is 11.9 Å². The largest absolute Gasteiger partial charge is 0.478 e. The number of carboxylic acid groups (broad SMARTS) is 2. The van der Waals surface area contributed by atoms with Crippen LogP contribution in [0.2, 0.25) is 0 Å². The Hall–Kier alpha value is -2.48. The standard InChI is InChI=1S/C10H19N.C9H8O4/c1-2-3-4-5-6-7-8-9-10-11;1-5-6(8(10)11)3-2-4-7(5)9(12)13/h2-8,11H2,1H3;2-4H,1H3,(H,10,11)(H,12,13). The van der Waals surface area contributed by atoms with Crippen LogP contribution >= 0.6 is 0 Å². The van der Waals surface area contributed by atoms with Gasteiger partial charge in [0.2, 0.25) is 0 Å². The highest BCUT2D eigenvalue weighted by Gasteiger charge is 2.13. The second-order valence-corrected chi connectivity index (χ2v) is 5.43. The van der Waals surface area contributed by atoms with Gasteiger partial charge < -0.3 is 15.9 Å². The fraction of sp³-hybridized carbons (Fsp3) is 0.474. The Balaban J connectivity index is 0.000000449. The van der Waals surface area contributed by atoms with Crippen LogP contribution < -0.4 is 5.73 Å². The molecule has 1 aromatic carbocycles. The van der Waals surface area contributed by atoms with Crippen molar-refractivity contribution in [2.24, 2.45) is 5.73 Å². The topological polar surface area (TPSA) is 101 Å². The molecular formula is C19H27NO4. The van der Waals surface area contributed by atoms with Crippen molar-refractivity contribution in [1.82, 2.24) is 0 Å². The minimum absolute atomic E-state index is 0.0277. The fourth-order valence-electron chi connectivity index (χ4n) is 2.16. The van der Waals surface area contributed by atoms with Crippen LogP contribution in [0.4, 0.5) is 0 Å². The molecule has 0 bridgehead atoms. The fourth-order valence-corrected chi connectivity index (χ4v) is 2.16. The lowest BCUT2D eigenvalue weighted by Crippen LogP contribution is -2.06. The van der Waals surface area contributed by atoms with Gasteiger partial charge in [-0.05, 0) is 31.0 Å². The first-order valence-electron chi connectivity index (χ1n) is 8.20. The van der Waals surface area contributed by atoms with Crippen LogP contribution in [0, 0.1) is 18.9 Å². The van der Waals surface area contributed by atoms with Gasteiger partial charge in [-0.1, -0.05) is 51.0 Å². The van der Waals surface area contributed by atoms with Crippen LogP contribution in [-0.4, -0.2) is 22.2 Å². The van der Waals surface area contributed by atoms with Gasteiger partial charge in [0.15, 0.2) is 0 Å². The molecule has 5 nitrogen and oxygen atoms in total. The number of hydrogen-bond donors (Lipinski definition) is 3. The maximum atomic E-state index is 10.6. The van der Waals surface area contributed by atoms with Crippen molar-refractivity contribution >= 4 is 11.9 Å². The quantitative estimate of drug-likeness (QED) is 0.378. The summed E-state index contributed by atoms with van der Waals surface area (Å²) in [5.41, 5.74) is 5.37. The molecule has 0 radical (unpaired) electrons. The lowest BCUT2D eigenvalue weighted by Gasteiger charge is -2.03. The molecule has 5 heteroatoms. The average Bonchev–Trinajstić information content (AvgIpc) is 2.54. The molecule has 0 spiro atoms. The predicted molar refractivity (Wildman–Crippen MR) is 95.1 cm³/mol. The van der Waals surface area contributed by atoms with Gasteiger partial charge in [-0.2, -0.15) is 0 Å². The Morgan fingerprint density at radius 1 is 1.00 bits per heavy atom. The first-order chi connectivity index (χ1) is 11.5. The van der Waals surface area contributed by atoms with E-state index in [0.717, 1.165) is 6.42 Å². The van der Waals surface area contributed by atoms with Crippen LogP contribution in [0.25, 0.3) is 0 Å². The molecule has 24 heavy (non-hydrogen) atoms. The molecule has 0 heterocycles. The Bertz CT molecular complexity index is 553. The lowest BCUT2D eigenvalue weighted by molar-refractivity contribution is 0.0696. The molecule has 0 saturated heterocycles. The number of rotatable bonds is 8. The highest BCUT2D eigenvalue weighted by Crippen LogP contribution is 2.13. The molecule has 0 atom stereocenters. The van der Waals surface area contributed by atoms with Crippen molar-refractivity contribution in [3.05, 3.63) is 34.9 Å². The van der Waals surface area contributed by atoms with Crippen molar-refractivity contribution < 1.29 is 19.8 Å². The van der Waals surface area contributed by atoms with E-state index in [-0.39, 0.29) is 16.7 Å². The van der Waals surface area contributed by atoms with Crippen LogP contribution in [0.5, 0.6) is 0 Å². The first kappa shape index (κ1) is 21.5. The Morgan fingerprint density at radius 3 is 1.96 bits per heavy atom. The highest BCUT2D eigenvalue weighted by atomic mass is 16.4. The van der Waals surface area contributed by atoms with Crippen molar-refractivity contribution in [1.29, 1.82) is 0 Å². The van der Waals surface area contributed by atoms with E-state index >= 15 is 0 Å². The molecule has 0 aliphatic rings. The van der Waals surface area contributed by atoms with Crippen molar-refractivity contribution in [3.63, 3.8) is 0 Å². The molecular weight excluding hydrogens is 306 g/mol. The van der Waals surface area contributed by atoms with Crippen LogP contribution in [-0.2, 0) is 0 Å². The number of aromatic carboxylic acids is 2. The number of nitrogens with two attached hydrogens (primary N) is 1. The molecule has 0 aliphatic heterocycles. The third kappa shape index (κ3) is 8.84. The second-order valence-electron chi connectivity index (χ2n) is 5.43. The van der Waals surface area contributed by atoms with E-state index in [4.69, 9.17) is 15.9 Å². The first-order valence-corrected chi connectivity index (χ1v) is 8.20. The van der Waals surface area contributed by atoms with E-state index in [1.807, 2.05) is 0 Å². The van der Waals surface area contributed by atoms with Gasteiger partial charge in [-0.15, -0.1) is 0 Å². The SMILES string of the molecule is CCCCCCCCC#CN.Cc1c(C(=O)O)cccc1C(=O)O. The molecule has 0 unspecified atom stereocenters. The summed E-state index contributed by atoms with van der Waals surface area (Å²) in [5.74, 6) is 0.646. The Morgan fingerprint density at radius 2 is 1.50 bits per heavy atom. The number of carbonyl (C=O) groups is 2. The summed E-state index contributed by atoms with van der Waals surface area (Å²) < 4.78 is 0. The monoisotopic (exact) mass is 333 g/mol. The van der Waals surface area contributed by atoms with Gasteiger partial charge in [-0.3, -0.25) is 0 Å². The zero-order valence-electron chi connectivity index (χ0n) is 14.5. The van der Waals surface area contributed by atoms with Gasteiger partial charge in [0.05, 0.1) is 11.1 Å². The maximum absolute atomic E-state index is 10.6. The van der Waals surface area contributed by atoms with Gasteiger partial charge in [0.1, 0.15) is 0 Å². The average molecular weight is 333 g/mol. The van der Waals surface area contributed by atoms with E-state index in [9.17, 15) is 9.59 Å². The summed E-state index contributed by atoms with van der Waals surface area (Å²) in [7, 11) is 0. The smallest absolute Gasteiger partial charge is 0.335 e. The van der Waals surface area contributed by atoms with E-state index in [1.54, 1.807) is 0 Å². The van der Waals surface area contributed by atoms with Gasteiger partial charge in [0, 0.05) is 12.5 Å². The lowest BCUT2D eigenvalue weighted by atomic mass is 10.0. The van der Waals surface area contributed by atoms with E-state index in [0.29, 0.717) is 0 Å². The third-order valence-electron chi connectivity index (χ3n) is 3.55. The normalized spacial score (nSPS) is 9.25. The highest BCUT2D eigenvalue weighted by molar-refractivity contribution is 5.96. The van der Waals surface area contributed by atoms with E-state index in [2.05, 4.69) is 18.9 Å². The number of unbranched alkanes of at least 4 members (excludes halogenated alkanes) is 6. The van der Waals surface area contributed by atoms with Gasteiger partial charge in [-0.25, -0.2) is 9.59 Å². The summed E-state index contributed by atoms with van der Waals surface area (Å²) in [5, 5.41) is 17.4. The van der Waals surface area contributed by atoms with Crippen molar-refractivity contribution in [2.75, 3.05) is 0 Å². The molecule has 0 fully saturated rings. The summed E-state index contributed by atoms with van der Waals surface area (Å²) >= 11 is 0. The van der Waals surface area contributed by atoms with Crippen LogP contribution in [0.1, 0.15) is 78.1 Å². The van der Waals surface area contributed by atoms with Crippen molar-refractivity contribution in [3.8, 4) is 12.0 Å². The Labute approximate surface area is 143 Å². The zero-order chi connectivity index (χ0) is 18.4. The molecule has 0 amide bonds. The second kappa shape index (κ2) is 13.0. The number of hydrogen-bond acceptors (Lipinski definition) is 3. The predicted octanol–water partition coefficient (Wildman–Crippen LogP) is 4.05. The minimum Gasteiger partial charge on any atom is -0.478 e. The molecule has 0 aliphatic carbocycles. The summed E-state index contributed by atoms with van der Waals surface area (Å²) in [6, 6.07) is 6.59. The van der Waals surface area contributed by atoms with Gasteiger partial charge in [0.25, 0.3) is 0 Å². The van der Waals surface area contributed by atoms with Crippen LogP contribution in [0.15, 0.2) is 18.2 Å².